The monoisotopic (exact) mass is 158 g/mol. The van der Waals surface area contributed by atoms with E-state index in [9.17, 15) is 9.59 Å². The Morgan fingerprint density at radius 1 is 1.55 bits per heavy atom. The van der Waals surface area contributed by atoms with Gasteiger partial charge in [0.15, 0.2) is 0 Å². The largest absolute Gasteiger partial charge is 0.307 e. The van der Waals surface area contributed by atoms with Crippen LogP contribution >= 0.6 is 0 Å². The predicted octanol–water partition coefficient (Wildman–Crippen LogP) is -0.804. The Labute approximate surface area is 64.4 Å². The number of carbonyl (C=O) groups excluding carboxylic acids is 2. The third kappa shape index (κ3) is 1.38. The van der Waals surface area contributed by atoms with Gasteiger partial charge in [-0.1, -0.05) is 5.17 Å². The minimum absolute atomic E-state index is 0.0309. The molecule has 0 radical (unpaired) electrons. The first-order valence-corrected chi connectivity index (χ1v) is 3.38. The number of hydroxylamine groups is 1. The van der Waals surface area contributed by atoms with Crippen LogP contribution in [0.15, 0.2) is 0 Å². The van der Waals surface area contributed by atoms with Crippen molar-refractivity contribution in [2.45, 2.75) is 6.92 Å². The maximum Gasteiger partial charge on any atom is 0.307 e. The molecule has 0 aliphatic carbocycles. The molecule has 0 spiro atoms. The highest BCUT2D eigenvalue weighted by atomic mass is 16.7. The molecule has 62 valence electrons. The Morgan fingerprint density at radius 2 is 2.18 bits per heavy atom. The third-order valence-corrected chi connectivity index (χ3v) is 1.42. The second-order valence-corrected chi connectivity index (χ2v) is 2.18. The quantitative estimate of drug-likeness (QED) is 0.493. The molecule has 1 fully saturated rings. The van der Waals surface area contributed by atoms with Gasteiger partial charge in [0, 0.05) is 7.05 Å². The average molecular weight is 158 g/mol. The third-order valence-electron chi connectivity index (χ3n) is 1.42. The van der Waals surface area contributed by atoms with Crippen LogP contribution < -0.4 is 0 Å². The van der Waals surface area contributed by atoms with Crippen molar-refractivity contribution in [1.29, 1.82) is 0 Å². The van der Waals surface area contributed by atoms with Crippen molar-refractivity contribution in [3.05, 3.63) is 0 Å². The summed E-state index contributed by atoms with van der Waals surface area (Å²) >= 11 is 0. The van der Waals surface area contributed by atoms with Crippen LogP contribution in [0.3, 0.4) is 0 Å². The van der Waals surface area contributed by atoms with E-state index in [1.54, 1.807) is 6.92 Å². The molecule has 5 nitrogen and oxygen atoms in total. The van der Waals surface area contributed by atoms with Crippen LogP contribution in [0, 0.1) is 0 Å². The van der Waals surface area contributed by atoms with E-state index in [1.807, 2.05) is 0 Å². The van der Waals surface area contributed by atoms with Crippen LogP contribution in [0.1, 0.15) is 6.92 Å². The molecule has 11 heavy (non-hydrogen) atoms. The molecule has 1 amide bonds. The van der Waals surface area contributed by atoms with Crippen LogP contribution in [0.2, 0.25) is 0 Å². The number of amides is 1. The highest BCUT2D eigenvalue weighted by Gasteiger charge is 2.34. The molecular formula is C6H10N2O3. The van der Waals surface area contributed by atoms with Crippen molar-refractivity contribution in [3.63, 3.8) is 0 Å². The van der Waals surface area contributed by atoms with Gasteiger partial charge in [0.1, 0.15) is 6.54 Å². The highest BCUT2D eigenvalue weighted by molar-refractivity contribution is 6.38. The van der Waals surface area contributed by atoms with Gasteiger partial charge in [-0.3, -0.25) is 14.4 Å². The fraction of sp³-hybridized carbons (Fsp3) is 0.667. The van der Waals surface area contributed by atoms with Crippen molar-refractivity contribution in [2.24, 2.45) is 0 Å². The van der Waals surface area contributed by atoms with Gasteiger partial charge in [-0.2, -0.15) is 0 Å². The number of ketones is 1. The van der Waals surface area contributed by atoms with E-state index in [0.717, 1.165) is 0 Å². The first-order chi connectivity index (χ1) is 5.16. The number of Topliss-reactive ketones (excluding diaryl/α,β-unsaturated/α-hetero) is 1. The number of hydrogen-bond acceptors (Lipinski definition) is 4. The molecule has 5 heteroatoms. The summed E-state index contributed by atoms with van der Waals surface area (Å²) in [5, 5.41) is 2.43. The molecule has 0 atom stereocenters. The SMILES string of the molecule is CCON1CC(=O)C(=O)N1C. The fourth-order valence-corrected chi connectivity index (χ4v) is 0.860. The van der Waals surface area contributed by atoms with Crippen LogP contribution in [0.25, 0.3) is 0 Å². The molecule has 1 rings (SSSR count). The maximum absolute atomic E-state index is 10.8. The van der Waals surface area contributed by atoms with E-state index >= 15 is 0 Å². The number of carbonyl (C=O) groups is 2. The van der Waals surface area contributed by atoms with Gasteiger partial charge in [-0.25, -0.2) is 5.01 Å². The zero-order valence-corrected chi connectivity index (χ0v) is 6.53. The number of hydrogen-bond donors (Lipinski definition) is 0. The summed E-state index contributed by atoms with van der Waals surface area (Å²) in [7, 11) is 1.50. The summed E-state index contributed by atoms with van der Waals surface area (Å²) in [4.78, 5) is 26.6. The lowest BCUT2D eigenvalue weighted by molar-refractivity contribution is -0.245. The van der Waals surface area contributed by atoms with Crippen molar-refractivity contribution in [2.75, 3.05) is 20.2 Å². The molecule has 0 saturated carbocycles. The molecule has 1 aliphatic heterocycles. The van der Waals surface area contributed by atoms with Gasteiger partial charge in [0.2, 0.25) is 5.78 Å². The first-order valence-electron chi connectivity index (χ1n) is 3.38. The minimum atomic E-state index is -0.515. The van der Waals surface area contributed by atoms with Crippen LogP contribution in [0.5, 0.6) is 0 Å². The standard InChI is InChI=1S/C6H10N2O3/c1-3-11-8-4-5(9)6(10)7(8)2/h3-4H2,1-2H3. The molecule has 0 N–H and O–H groups in total. The lowest BCUT2D eigenvalue weighted by atomic mass is 10.4. The lowest BCUT2D eigenvalue weighted by Gasteiger charge is -2.20. The average Bonchev–Trinajstić information content (AvgIpc) is 2.19. The number of rotatable bonds is 2. The highest BCUT2D eigenvalue weighted by Crippen LogP contribution is 2.05. The molecule has 0 aromatic carbocycles. The molecule has 1 heterocycles. The van der Waals surface area contributed by atoms with Gasteiger partial charge in [0.05, 0.1) is 6.61 Å². The number of hydrazine groups is 1. The Hall–Kier alpha value is -0.940. The van der Waals surface area contributed by atoms with E-state index in [-0.39, 0.29) is 6.54 Å². The molecular weight excluding hydrogens is 148 g/mol. The molecule has 1 aliphatic rings. The molecule has 0 bridgehead atoms. The van der Waals surface area contributed by atoms with E-state index in [1.165, 1.54) is 17.2 Å². The number of likely N-dealkylation sites (N-methyl/N-ethyl adjacent to an activating group) is 1. The summed E-state index contributed by atoms with van der Waals surface area (Å²) in [6.45, 7) is 2.27. The number of nitrogens with zero attached hydrogens (tertiary/aromatic N) is 2. The van der Waals surface area contributed by atoms with Crippen LogP contribution in [-0.4, -0.2) is 42.1 Å². The van der Waals surface area contributed by atoms with Gasteiger partial charge in [0.25, 0.3) is 0 Å². The Kier molecular flexibility index (Phi) is 2.21. The van der Waals surface area contributed by atoms with E-state index in [2.05, 4.69) is 0 Å². The summed E-state index contributed by atoms with van der Waals surface area (Å²) in [5.74, 6) is -0.945. The van der Waals surface area contributed by atoms with Crippen molar-refractivity contribution in [1.82, 2.24) is 10.2 Å². The maximum atomic E-state index is 10.8. The van der Waals surface area contributed by atoms with Crippen molar-refractivity contribution < 1.29 is 14.4 Å². The fourth-order valence-electron chi connectivity index (χ4n) is 0.860. The van der Waals surface area contributed by atoms with E-state index in [4.69, 9.17) is 4.84 Å². The van der Waals surface area contributed by atoms with Gasteiger partial charge in [-0.05, 0) is 6.92 Å². The predicted molar refractivity (Wildman–Crippen MR) is 36.1 cm³/mol. The van der Waals surface area contributed by atoms with Crippen LogP contribution in [-0.2, 0) is 14.4 Å². The van der Waals surface area contributed by atoms with E-state index in [0.29, 0.717) is 6.61 Å². The molecule has 0 aromatic rings. The second-order valence-electron chi connectivity index (χ2n) is 2.18. The topological polar surface area (TPSA) is 49.9 Å². The van der Waals surface area contributed by atoms with Crippen molar-refractivity contribution in [3.8, 4) is 0 Å². The molecule has 0 aromatic heterocycles. The smallest absolute Gasteiger partial charge is 0.287 e. The Morgan fingerprint density at radius 3 is 2.55 bits per heavy atom. The zero-order chi connectivity index (χ0) is 8.43. The van der Waals surface area contributed by atoms with Gasteiger partial charge in [-0.15, -0.1) is 0 Å². The Balaban J connectivity index is 2.59. The summed E-state index contributed by atoms with van der Waals surface area (Å²) < 4.78 is 0. The molecule has 0 unspecified atom stereocenters. The molecule has 1 saturated heterocycles. The van der Waals surface area contributed by atoms with Gasteiger partial charge >= 0.3 is 5.91 Å². The second kappa shape index (κ2) is 2.98. The minimum Gasteiger partial charge on any atom is -0.287 e. The first kappa shape index (κ1) is 8.16. The lowest BCUT2D eigenvalue weighted by Crippen LogP contribution is -2.35. The van der Waals surface area contributed by atoms with Crippen molar-refractivity contribution >= 4 is 11.7 Å². The zero-order valence-electron chi connectivity index (χ0n) is 6.53. The van der Waals surface area contributed by atoms with Gasteiger partial charge < -0.3 is 0 Å². The normalized spacial score (nSPS) is 20.0. The summed E-state index contributed by atoms with van der Waals surface area (Å²) in [6.07, 6.45) is 0. The summed E-state index contributed by atoms with van der Waals surface area (Å²) in [6, 6.07) is 0. The van der Waals surface area contributed by atoms with Crippen LogP contribution in [0.4, 0.5) is 0 Å². The Bertz CT molecular complexity index is 192. The summed E-state index contributed by atoms with van der Waals surface area (Å²) in [5.41, 5.74) is 0. The van der Waals surface area contributed by atoms with E-state index < -0.39 is 11.7 Å².